The minimum atomic E-state index is 0.718. The highest BCUT2D eigenvalue weighted by Gasteiger charge is 2.18. The summed E-state index contributed by atoms with van der Waals surface area (Å²) in [4.78, 5) is 15.7. The molecule has 0 bridgehead atoms. The number of thiophene rings is 2. The van der Waals surface area contributed by atoms with Crippen molar-refractivity contribution < 1.29 is 0 Å². The second-order valence-corrected chi connectivity index (χ2v) is 16.9. The number of hydrogen-bond donors (Lipinski definition) is 0. The van der Waals surface area contributed by atoms with Crippen LogP contribution >= 0.6 is 22.7 Å². The molecule has 0 aliphatic rings. The Hall–Kier alpha value is -7.05. The van der Waals surface area contributed by atoms with Crippen LogP contribution in [-0.2, 0) is 0 Å². The molecule has 8 aromatic carbocycles. The molecule has 3 nitrogen and oxygen atoms in total. The molecule has 0 atom stereocenters. The lowest BCUT2D eigenvalue weighted by atomic mass is 9.94. The average Bonchev–Trinajstić information content (AvgIpc) is 3.87. The zero-order chi connectivity index (χ0) is 38.2. The molecule has 0 fully saturated rings. The first-order valence-electron chi connectivity index (χ1n) is 19.4. The van der Waals surface area contributed by atoms with E-state index in [-0.39, 0.29) is 0 Å². The number of aromatic nitrogens is 3. The second kappa shape index (κ2) is 13.3. The van der Waals surface area contributed by atoms with Gasteiger partial charge in [-0.1, -0.05) is 146 Å². The summed E-state index contributed by atoms with van der Waals surface area (Å²) in [5.74, 6) is 0.718. The minimum Gasteiger partial charge on any atom is -0.247 e. The molecule has 4 aromatic heterocycles. The van der Waals surface area contributed by atoms with Crippen LogP contribution in [0.2, 0.25) is 0 Å². The standard InChI is InChI=1S/C53H31N3S2/c1-3-11-33(12-4-1)44-31-45(56-53(55-44)37-23-25-39-38-15-7-9-17-46(38)58-49(39)30-37)34-21-19-32(20-22-34)36-24-27-43-42(29-36)50-41(52(54-43)35-13-5-2-6-14-35)26-28-48-51(50)40-16-8-10-18-47(40)57-48/h1-31H. The number of pyridine rings is 1. The summed E-state index contributed by atoms with van der Waals surface area (Å²) in [5.41, 5.74) is 10.3. The van der Waals surface area contributed by atoms with Crippen molar-refractivity contribution >= 4 is 84.7 Å². The van der Waals surface area contributed by atoms with Crippen LogP contribution in [0.3, 0.4) is 0 Å². The van der Waals surface area contributed by atoms with Gasteiger partial charge in [-0.2, -0.15) is 0 Å². The zero-order valence-electron chi connectivity index (χ0n) is 31.1. The van der Waals surface area contributed by atoms with Gasteiger partial charge < -0.3 is 0 Å². The number of benzene rings is 8. The van der Waals surface area contributed by atoms with Gasteiger partial charge in [-0.05, 0) is 53.6 Å². The van der Waals surface area contributed by atoms with E-state index in [0.29, 0.717) is 0 Å². The van der Waals surface area contributed by atoms with Crippen molar-refractivity contribution in [1.29, 1.82) is 0 Å². The summed E-state index contributed by atoms with van der Waals surface area (Å²) in [7, 11) is 0. The van der Waals surface area contributed by atoms with Gasteiger partial charge in [-0.3, -0.25) is 0 Å². The molecule has 0 radical (unpaired) electrons. The normalized spacial score (nSPS) is 11.8. The number of rotatable bonds is 5. The Balaban J connectivity index is 0.992. The van der Waals surface area contributed by atoms with Crippen LogP contribution in [0.15, 0.2) is 188 Å². The fourth-order valence-corrected chi connectivity index (χ4v) is 10.7. The lowest BCUT2D eigenvalue weighted by Crippen LogP contribution is -1.96. The Morgan fingerprint density at radius 1 is 0.293 bits per heavy atom. The molecular weight excluding hydrogens is 743 g/mol. The molecule has 0 amide bonds. The Morgan fingerprint density at radius 2 is 0.862 bits per heavy atom. The van der Waals surface area contributed by atoms with Crippen molar-refractivity contribution in [2.75, 3.05) is 0 Å². The monoisotopic (exact) mass is 773 g/mol. The molecule has 0 saturated carbocycles. The van der Waals surface area contributed by atoms with Gasteiger partial charge in [0.2, 0.25) is 0 Å². The van der Waals surface area contributed by atoms with Crippen molar-refractivity contribution in [3.63, 3.8) is 0 Å². The summed E-state index contributed by atoms with van der Waals surface area (Å²) in [6.07, 6.45) is 0. The average molecular weight is 774 g/mol. The van der Waals surface area contributed by atoms with Gasteiger partial charge in [0.15, 0.2) is 5.82 Å². The van der Waals surface area contributed by atoms with Crippen molar-refractivity contribution in [2.24, 2.45) is 0 Å². The molecule has 0 spiro atoms. The third-order valence-electron chi connectivity index (χ3n) is 11.3. The van der Waals surface area contributed by atoms with E-state index in [1.807, 2.05) is 28.7 Å². The highest BCUT2D eigenvalue weighted by molar-refractivity contribution is 7.26. The smallest absolute Gasteiger partial charge is 0.160 e. The third-order valence-corrected chi connectivity index (χ3v) is 13.6. The lowest BCUT2D eigenvalue weighted by Gasteiger charge is -2.13. The van der Waals surface area contributed by atoms with E-state index in [1.54, 1.807) is 0 Å². The van der Waals surface area contributed by atoms with Gasteiger partial charge in [0, 0.05) is 78.8 Å². The van der Waals surface area contributed by atoms with Crippen LogP contribution in [0, 0.1) is 0 Å². The molecule has 58 heavy (non-hydrogen) atoms. The van der Waals surface area contributed by atoms with Crippen LogP contribution in [0.1, 0.15) is 0 Å². The van der Waals surface area contributed by atoms with Crippen LogP contribution < -0.4 is 0 Å². The Bertz CT molecular complexity index is 3550. The number of fused-ring (bicyclic) bond motifs is 10. The summed E-state index contributed by atoms with van der Waals surface area (Å²) in [6.45, 7) is 0. The van der Waals surface area contributed by atoms with E-state index in [1.165, 1.54) is 51.1 Å². The fourth-order valence-electron chi connectivity index (χ4n) is 8.48. The van der Waals surface area contributed by atoms with Crippen molar-refractivity contribution in [3.05, 3.63) is 188 Å². The largest absolute Gasteiger partial charge is 0.247 e. The van der Waals surface area contributed by atoms with Crippen LogP contribution in [0.4, 0.5) is 0 Å². The van der Waals surface area contributed by atoms with Gasteiger partial charge in [0.25, 0.3) is 0 Å². The van der Waals surface area contributed by atoms with E-state index in [0.717, 1.165) is 67.2 Å². The Kier molecular flexibility index (Phi) is 7.58. The molecule has 0 aliphatic carbocycles. The van der Waals surface area contributed by atoms with E-state index in [9.17, 15) is 0 Å². The van der Waals surface area contributed by atoms with Crippen molar-refractivity contribution in [1.82, 2.24) is 15.0 Å². The molecule has 0 aliphatic heterocycles. The molecule has 5 heteroatoms. The first-order valence-corrected chi connectivity index (χ1v) is 21.1. The summed E-state index contributed by atoms with van der Waals surface area (Å²) < 4.78 is 5.11. The van der Waals surface area contributed by atoms with Gasteiger partial charge >= 0.3 is 0 Å². The van der Waals surface area contributed by atoms with Crippen molar-refractivity contribution in [3.8, 4) is 56.3 Å². The minimum absolute atomic E-state index is 0.718. The van der Waals surface area contributed by atoms with E-state index < -0.39 is 0 Å². The molecule has 4 heterocycles. The highest BCUT2D eigenvalue weighted by atomic mass is 32.1. The van der Waals surface area contributed by atoms with E-state index >= 15 is 0 Å². The predicted molar refractivity (Wildman–Crippen MR) is 248 cm³/mol. The second-order valence-electron chi connectivity index (χ2n) is 14.7. The number of nitrogens with zero attached hydrogens (tertiary/aromatic N) is 3. The maximum absolute atomic E-state index is 5.32. The molecule has 12 aromatic rings. The zero-order valence-corrected chi connectivity index (χ0v) is 32.7. The summed E-state index contributed by atoms with van der Waals surface area (Å²) in [5, 5.41) is 8.73. The van der Waals surface area contributed by atoms with Crippen LogP contribution in [0.5, 0.6) is 0 Å². The number of hydrogen-bond acceptors (Lipinski definition) is 5. The quantitative estimate of drug-likeness (QED) is 0.164. The summed E-state index contributed by atoms with van der Waals surface area (Å²) in [6, 6.07) is 67.1. The van der Waals surface area contributed by atoms with Gasteiger partial charge in [0.1, 0.15) is 0 Å². The van der Waals surface area contributed by atoms with E-state index in [2.05, 4.69) is 182 Å². The molecular formula is C53H31N3S2. The first kappa shape index (κ1) is 33.1. The Morgan fingerprint density at radius 3 is 1.64 bits per heavy atom. The van der Waals surface area contributed by atoms with Crippen LogP contribution in [0.25, 0.3) is 118 Å². The highest BCUT2D eigenvalue weighted by Crippen LogP contribution is 2.44. The van der Waals surface area contributed by atoms with Gasteiger partial charge in [0.05, 0.1) is 22.6 Å². The van der Waals surface area contributed by atoms with Gasteiger partial charge in [-0.25, -0.2) is 15.0 Å². The molecule has 270 valence electrons. The Labute approximate surface area is 342 Å². The fraction of sp³-hybridized carbons (Fsp3) is 0. The van der Waals surface area contributed by atoms with Crippen molar-refractivity contribution in [2.45, 2.75) is 0 Å². The van der Waals surface area contributed by atoms with Crippen LogP contribution in [-0.4, -0.2) is 15.0 Å². The molecule has 12 rings (SSSR count). The topological polar surface area (TPSA) is 38.7 Å². The van der Waals surface area contributed by atoms with E-state index in [4.69, 9.17) is 15.0 Å². The SMILES string of the molecule is c1ccc(-c2cc(-c3ccc(-c4ccc5nc(-c6ccccc6)c6ccc7sc8ccccc8c7c6c5c4)cc3)nc(-c3ccc4c(c3)sc3ccccc34)n2)cc1. The maximum Gasteiger partial charge on any atom is 0.160 e. The molecule has 0 N–H and O–H groups in total. The predicted octanol–water partition coefficient (Wildman–Crippen LogP) is 15.2. The first-order chi connectivity index (χ1) is 28.7. The molecule has 0 saturated heterocycles. The summed E-state index contributed by atoms with van der Waals surface area (Å²) >= 11 is 3.67. The van der Waals surface area contributed by atoms with Gasteiger partial charge in [-0.15, -0.1) is 22.7 Å². The molecule has 0 unspecified atom stereocenters. The lowest BCUT2D eigenvalue weighted by molar-refractivity contribution is 1.18. The maximum atomic E-state index is 5.32. The third kappa shape index (κ3) is 5.43.